The minimum Gasteiger partial charge on any atom is -0.392 e. The van der Waals surface area contributed by atoms with E-state index in [1.165, 1.54) is 0 Å². The van der Waals surface area contributed by atoms with Crippen LogP contribution in [-0.4, -0.2) is 93.9 Å². The first-order valence-electron chi connectivity index (χ1n) is 7.37. The first-order valence-corrected chi connectivity index (χ1v) is 7.37. The molecule has 133 valence electrons. The molecule has 0 spiro atoms. The molecule has 4 atom stereocenters. The molecule has 4 unspecified atom stereocenters. The molecular weight excluding hydrogens is 324 g/mol. The van der Waals surface area contributed by atoms with Crippen LogP contribution in [0.25, 0.3) is 0 Å². The van der Waals surface area contributed by atoms with E-state index in [0.29, 0.717) is 39.3 Å². The smallest absolute Gasteiger partial charge is 0.0639 e. The van der Waals surface area contributed by atoms with Crippen LogP contribution in [0.1, 0.15) is 27.7 Å². The Hall–Kier alpha value is 0.279. The quantitative estimate of drug-likeness (QED) is 0.360. The largest absolute Gasteiger partial charge is 0.392 e. The Balaban J connectivity index is 0. The summed E-state index contributed by atoms with van der Waals surface area (Å²) in [6.45, 7) is 10.2. The zero-order chi connectivity index (χ0) is 15.7. The van der Waals surface area contributed by atoms with Crippen molar-refractivity contribution in [1.29, 1.82) is 0 Å². The molecule has 0 saturated carbocycles. The predicted octanol–water partition coefficient (Wildman–Crippen LogP) is -0.889. The summed E-state index contributed by atoms with van der Waals surface area (Å²) < 4.78 is 0. The summed E-state index contributed by atoms with van der Waals surface area (Å²) in [5, 5.41) is 37.9. The van der Waals surface area contributed by atoms with Crippen molar-refractivity contribution in [3.8, 4) is 0 Å². The maximum absolute atomic E-state index is 9.47. The molecule has 6 nitrogen and oxygen atoms in total. The van der Waals surface area contributed by atoms with Crippen molar-refractivity contribution in [2.24, 2.45) is 0 Å². The second-order valence-corrected chi connectivity index (χ2v) is 5.92. The molecule has 0 aromatic heterocycles. The molecule has 0 aliphatic rings. The minimum absolute atomic E-state index is 0. The Morgan fingerprint density at radius 1 is 0.571 bits per heavy atom. The van der Waals surface area contributed by atoms with Crippen molar-refractivity contribution in [3.05, 3.63) is 0 Å². The third-order valence-corrected chi connectivity index (χ3v) is 2.82. The molecule has 0 saturated heterocycles. The summed E-state index contributed by atoms with van der Waals surface area (Å²) in [7, 11) is 0. The molecule has 1 radical (unpaired) electrons. The first-order chi connectivity index (χ1) is 9.20. The summed E-state index contributed by atoms with van der Waals surface area (Å²) in [6.07, 6.45) is -1.79. The van der Waals surface area contributed by atoms with E-state index in [1.54, 1.807) is 27.7 Å². The third kappa shape index (κ3) is 15.0. The molecule has 0 rings (SSSR count). The number of aliphatic hydroxyl groups is 4. The number of rotatable bonds is 11. The van der Waals surface area contributed by atoms with Crippen LogP contribution in [0.3, 0.4) is 0 Å². The van der Waals surface area contributed by atoms with Gasteiger partial charge in [-0.1, -0.05) is 0 Å². The van der Waals surface area contributed by atoms with Crippen LogP contribution in [-0.2, 0) is 17.1 Å². The molecule has 0 aromatic carbocycles. The van der Waals surface area contributed by atoms with E-state index in [4.69, 9.17) is 0 Å². The summed E-state index contributed by atoms with van der Waals surface area (Å²) in [4.78, 5) is 3.98. The van der Waals surface area contributed by atoms with Crippen molar-refractivity contribution < 1.29 is 37.5 Å². The monoisotopic (exact) mass is 355 g/mol. The van der Waals surface area contributed by atoms with Crippen LogP contribution in [0.15, 0.2) is 0 Å². The molecule has 4 N–H and O–H groups in total. The van der Waals surface area contributed by atoms with Crippen molar-refractivity contribution in [2.45, 2.75) is 52.1 Å². The summed E-state index contributed by atoms with van der Waals surface area (Å²) in [5.74, 6) is 0. The average molecular weight is 356 g/mol. The van der Waals surface area contributed by atoms with Crippen LogP contribution >= 0.6 is 0 Å². The van der Waals surface area contributed by atoms with Crippen LogP contribution < -0.4 is 0 Å². The summed E-state index contributed by atoms with van der Waals surface area (Å²) >= 11 is 0. The molecule has 0 aliphatic heterocycles. The van der Waals surface area contributed by atoms with Crippen molar-refractivity contribution in [3.63, 3.8) is 0 Å². The molecular formula is C14H32CuN2O4. The Morgan fingerprint density at radius 3 is 0.905 bits per heavy atom. The topological polar surface area (TPSA) is 87.4 Å². The van der Waals surface area contributed by atoms with Gasteiger partial charge in [-0.3, -0.25) is 9.80 Å². The maximum atomic E-state index is 9.47. The van der Waals surface area contributed by atoms with Crippen LogP contribution in [0.4, 0.5) is 0 Å². The molecule has 0 aliphatic carbocycles. The van der Waals surface area contributed by atoms with Gasteiger partial charge in [0.2, 0.25) is 0 Å². The standard InChI is InChI=1S/C14H32N2O4.Cu/c1-11(17)7-15(8-12(2)18)5-6-16(9-13(3)19)10-14(4)20;/h11-14,17-20H,5-10H2,1-4H3;. The summed E-state index contributed by atoms with van der Waals surface area (Å²) in [6, 6.07) is 0. The van der Waals surface area contributed by atoms with Gasteiger partial charge in [0.1, 0.15) is 0 Å². The summed E-state index contributed by atoms with van der Waals surface area (Å²) in [5.41, 5.74) is 0. The average Bonchev–Trinajstić information content (AvgIpc) is 2.22. The van der Waals surface area contributed by atoms with Gasteiger partial charge in [-0.2, -0.15) is 0 Å². The zero-order valence-electron chi connectivity index (χ0n) is 13.5. The fourth-order valence-corrected chi connectivity index (χ4v) is 2.29. The van der Waals surface area contributed by atoms with E-state index < -0.39 is 24.4 Å². The van der Waals surface area contributed by atoms with E-state index in [-0.39, 0.29) is 17.1 Å². The molecule has 0 fully saturated rings. The van der Waals surface area contributed by atoms with Crippen molar-refractivity contribution >= 4 is 0 Å². The van der Waals surface area contributed by atoms with Gasteiger partial charge in [0, 0.05) is 56.3 Å². The van der Waals surface area contributed by atoms with Gasteiger partial charge in [0.05, 0.1) is 24.4 Å². The molecule has 0 aromatic rings. The molecule has 0 bridgehead atoms. The van der Waals surface area contributed by atoms with Crippen LogP contribution in [0.2, 0.25) is 0 Å². The Labute approximate surface area is 139 Å². The van der Waals surface area contributed by atoms with Gasteiger partial charge in [-0.15, -0.1) is 0 Å². The fourth-order valence-electron chi connectivity index (χ4n) is 2.29. The minimum atomic E-state index is -0.448. The Kier molecular flexibility index (Phi) is 14.3. The number of aliphatic hydroxyl groups excluding tert-OH is 4. The van der Waals surface area contributed by atoms with Gasteiger partial charge in [0.25, 0.3) is 0 Å². The van der Waals surface area contributed by atoms with E-state index in [0.717, 1.165) is 0 Å². The van der Waals surface area contributed by atoms with Crippen molar-refractivity contribution in [1.82, 2.24) is 9.80 Å². The Morgan fingerprint density at radius 2 is 0.762 bits per heavy atom. The fraction of sp³-hybridized carbons (Fsp3) is 1.00. The molecule has 21 heavy (non-hydrogen) atoms. The molecule has 7 heteroatoms. The van der Waals surface area contributed by atoms with E-state index in [2.05, 4.69) is 0 Å². The van der Waals surface area contributed by atoms with Crippen LogP contribution in [0, 0.1) is 0 Å². The van der Waals surface area contributed by atoms with Gasteiger partial charge in [-0.05, 0) is 27.7 Å². The third-order valence-electron chi connectivity index (χ3n) is 2.82. The number of nitrogens with zero attached hydrogens (tertiary/aromatic N) is 2. The normalized spacial score (nSPS) is 17.4. The number of hydrogen-bond donors (Lipinski definition) is 4. The maximum Gasteiger partial charge on any atom is 0.0639 e. The second kappa shape index (κ2) is 12.8. The number of hydrogen-bond acceptors (Lipinski definition) is 6. The molecule has 0 heterocycles. The first kappa shape index (κ1) is 23.5. The van der Waals surface area contributed by atoms with Gasteiger partial charge >= 0.3 is 0 Å². The van der Waals surface area contributed by atoms with Gasteiger partial charge < -0.3 is 20.4 Å². The van der Waals surface area contributed by atoms with E-state index >= 15 is 0 Å². The van der Waals surface area contributed by atoms with Crippen molar-refractivity contribution in [2.75, 3.05) is 39.3 Å². The van der Waals surface area contributed by atoms with E-state index in [1.807, 2.05) is 9.80 Å². The van der Waals surface area contributed by atoms with E-state index in [9.17, 15) is 20.4 Å². The second-order valence-electron chi connectivity index (χ2n) is 5.92. The van der Waals surface area contributed by atoms with Gasteiger partial charge in [-0.25, -0.2) is 0 Å². The zero-order valence-corrected chi connectivity index (χ0v) is 14.5. The Bertz CT molecular complexity index is 197. The predicted molar refractivity (Wildman–Crippen MR) is 79.6 cm³/mol. The van der Waals surface area contributed by atoms with Crippen LogP contribution in [0.5, 0.6) is 0 Å². The molecule has 0 amide bonds. The van der Waals surface area contributed by atoms with Gasteiger partial charge in [0.15, 0.2) is 0 Å². The SMILES string of the molecule is CC(O)CN(CCN(CC(C)O)CC(C)O)CC(C)O.[Cu].